The van der Waals surface area contributed by atoms with Crippen LogP contribution in [-0.2, 0) is 16.8 Å². The van der Waals surface area contributed by atoms with E-state index < -0.39 is 6.09 Å². The highest BCUT2D eigenvalue weighted by Gasteiger charge is 2.18. The predicted octanol–water partition coefficient (Wildman–Crippen LogP) is 4.19. The van der Waals surface area contributed by atoms with Gasteiger partial charge in [-0.3, -0.25) is 5.32 Å². The van der Waals surface area contributed by atoms with Crippen molar-refractivity contribution in [2.75, 3.05) is 5.32 Å². The van der Waals surface area contributed by atoms with E-state index in [0.29, 0.717) is 5.13 Å². The Labute approximate surface area is 122 Å². The summed E-state index contributed by atoms with van der Waals surface area (Å²) in [5.41, 5.74) is 1.89. The molecule has 1 heterocycles. The van der Waals surface area contributed by atoms with Crippen molar-refractivity contribution in [3.8, 4) is 0 Å². The number of carbonyl (C=O) groups is 1. The number of hydrogen-bond donors (Lipinski definition) is 1. The number of rotatable bonds is 3. The molecule has 0 saturated heterocycles. The molecule has 0 atom stereocenters. The van der Waals surface area contributed by atoms with E-state index in [0.717, 1.165) is 11.3 Å². The van der Waals surface area contributed by atoms with Gasteiger partial charge in [-0.25, -0.2) is 9.78 Å². The first-order valence-electron chi connectivity index (χ1n) is 6.39. The molecule has 106 valence electrons. The largest absolute Gasteiger partial charge is 0.444 e. The second-order valence-electron chi connectivity index (χ2n) is 5.47. The highest BCUT2D eigenvalue weighted by Crippen LogP contribution is 2.26. The smallest absolute Gasteiger partial charge is 0.413 e. The standard InChI is InChI=1S/C15H18N2O2S/c1-15(2,3)12-10-20-13(16-12)17-14(18)19-9-11-7-5-4-6-8-11/h4-8,10H,9H2,1-3H3,(H,16,17,18). The summed E-state index contributed by atoms with van der Waals surface area (Å²) in [5.74, 6) is 0. The quantitative estimate of drug-likeness (QED) is 0.922. The molecule has 2 aromatic rings. The number of nitrogens with zero attached hydrogens (tertiary/aromatic N) is 1. The van der Waals surface area contributed by atoms with Crippen molar-refractivity contribution in [3.05, 3.63) is 47.0 Å². The maximum absolute atomic E-state index is 11.7. The van der Waals surface area contributed by atoms with Crippen molar-refractivity contribution >= 4 is 22.6 Å². The zero-order valence-electron chi connectivity index (χ0n) is 11.8. The van der Waals surface area contributed by atoms with Crippen LogP contribution in [0.4, 0.5) is 9.93 Å². The van der Waals surface area contributed by atoms with E-state index in [1.165, 1.54) is 11.3 Å². The Kier molecular flexibility index (Phi) is 4.39. The summed E-state index contributed by atoms with van der Waals surface area (Å²) in [7, 11) is 0. The Balaban J connectivity index is 1.87. The van der Waals surface area contributed by atoms with Crippen LogP contribution in [0.1, 0.15) is 32.0 Å². The number of ether oxygens (including phenoxy) is 1. The molecule has 0 saturated carbocycles. The number of benzene rings is 1. The van der Waals surface area contributed by atoms with Crippen molar-refractivity contribution in [1.82, 2.24) is 4.98 Å². The van der Waals surface area contributed by atoms with Gasteiger partial charge in [0, 0.05) is 10.8 Å². The first kappa shape index (κ1) is 14.5. The normalized spacial score (nSPS) is 11.2. The molecule has 0 aliphatic rings. The second kappa shape index (κ2) is 6.05. The summed E-state index contributed by atoms with van der Waals surface area (Å²) in [6, 6.07) is 9.57. The van der Waals surface area contributed by atoms with E-state index in [1.807, 2.05) is 35.7 Å². The molecule has 0 unspecified atom stereocenters. The molecule has 1 N–H and O–H groups in total. The molecule has 1 aromatic heterocycles. The summed E-state index contributed by atoms with van der Waals surface area (Å²) in [6.45, 7) is 6.50. The maximum Gasteiger partial charge on any atom is 0.413 e. The van der Waals surface area contributed by atoms with E-state index in [9.17, 15) is 4.79 Å². The van der Waals surface area contributed by atoms with E-state index in [1.54, 1.807) is 0 Å². The fourth-order valence-corrected chi connectivity index (χ4v) is 2.44. The van der Waals surface area contributed by atoms with Crippen LogP contribution in [0.15, 0.2) is 35.7 Å². The summed E-state index contributed by atoms with van der Waals surface area (Å²) in [5, 5.41) is 5.17. The molecule has 5 heteroatoms. The third-order valence-corrected chi connectivity index (χ3v) is 3.45. The minimum Gasteiger partial charge on any atom is -0.444 e. The van der Waals surface area contributed by atoms with Crippen LogP contribution in [-0.4, -0.2) is 11.1 Å². The SMILES string of the molecule is CC(C)(C)c1csc(NC(=O)OCc2ccccc2)n1. The van der Waals surface area contributed by atoms with E-state index >= 15 is 0 Å². The zero-order chi connectivity index (χ0) is 14.6. The first-order chi connectivity index (χ1) is 9.45. The van der Waals surface area contributed by atoms with Gasteiger partial charge >= 0.3 is 6.09 Å². The lowest BCUT2D eigenvalue weighted by molar-refractivity contribution is 0.155. The van der Waals surface area contributed by atoms with Gasteiger partial charge in [-0.05, 0) is 5.56 Å². The average molecular weight is 290 g/mol. The molecule has 0 aliphatic carbocycles. The lowest BCUT2D eigenvalue weighted by Gasteiger charge is -2.14. The lowest BCUT2D eigenvalue weighted by Crippen LogP contribution is -2.15. The van der Waals surface area contributed by atoms with Gasteiger partial charge in [-0.1, -0.05) is 51.1 Å². The monoisotopic (exact) mass is 290 g/mol. The summed E-state index contributed by atoms with van der Waals surface area (Å²) < 4.78 is 5.14. The van der Waals surface area contributed by atoms with Crippen LogP contribution in [0.3, 0.4) is 0 Å². The Morgan fingerprint density at radius 1 is 1.30 bits per heavy atom. The van der Waals surface area contributed by atoms with E-state index in [-0.39, 0.29) is 12.0 Å². The third kappa shape index (κ3) is 4.06. The minimum absolute atomic E-state index is 0.0234. The van der Waals surface area contributed by atoms with Crippen LogP contribution in [0.5, 0.6) is 0 Å². The highest BCUT2D eigenvalue weighted by atomic mass is 32.1. The van der Waals surface area contributed by atoms with Crippen molar-refractivity contribution in [2.24, 2.45) is 0 Å². The molecule has 0 spiro atoms. The number of anilines is 1. The molecule has 0 bridgehead atoms. The van der Waals surface area contributed by atoms with Crippen molar-refractivity contribution < 1.29 is 9.53 Å². The molecular formula is C15H18N2O2S. The van der Waals surface area contributed by atoms with Gasteiger partial charge in [0.1, 0.15) is 6.61 Å². The topological polar surface area (TPSA) is 51.2 Å². The minimum atomic E-state index is -0.483. The van der Waals surface area contributed by atoms with Gasteiger partial charge in [0.05, 0.1) is 5.69 Å². The van der Waals surface area contributed by atoms with Gasteiger partial charge in [-0.15, -0.1) is 11.3 Å². The molecule has 1 amide bonds. The highest BCUT2D eigenvalue weighted by molar-refractivity contribution is 7.13. The Morgan fingerprint density at radius 3 is 2.60 bits per heavy atom. The molecule has 0 fully saturated rings. The molecule has 2 rings (SSSR count). The number of amides is 1. The maximum atomic E-state index is 11.7. The third-order valence-electron chi connectivity index (χ3n) is 2.69. The molecular weight excluding hydrogens is 272 g/mol. The Hall–Kier alpha value is -1.88. The van der Waals surface area contributed by atoms with Gasteiger partial charge < -0.3 is 4.74 Å². The van der Waals surface area contributed by atoms with Gasteiger partial charge in [0.15, 0.2) is 5.13 Å². The van der Waals surface area contributed by atoms with Gasteiger partial charge in [0.2, 0.25) is 0 Å². The van der Waals surface area contributed by atoms with Crippen molar-refractivity contribution in [1.29, 1.82) is 0 Å². The van der Waals surface area contributed by atoms with E-state index in [4.69, 9.17) is 4.74 Å². The van der Waals surface area contributed by atoms with Gasteiger partial charge in [0.25, 0.3) is 0 Å². The Bertz CT molecular complexity index is 573. The molecule has 1 aromatic carbocycles. The van der Waals surface area contributed by atoms with Gasteiger partial charge in [-0.2, -0.15) is 0 Å². The molecule has 0 aliphatic heterocycles. The van der Waals surface area contributed by atoms with E-state index in [2.05, 4.69) is 31.1 Å². The van der Waals surface area contributed by atoms with Crippen LogP contribution in [0.25, 0.3) is 0 Å². The summed E-state index contributed by atoms with van der Waals surface area (Å²) >= 11 is 1.40. The van der Waals surface area contributed by atoms with Crippen LogP contribution in [0, 0.1) is 0 Å². The lowest BCUT2D eigenvalue weighted by atomic mass is 9.93. The average Bonchev–Trinajstić information content (AvgIpc) is 2.86. The Morgan fingerprint density at radius 2 is 2.00 bits per heavy atom. The van der Waals surface area contributed by atoms with Crippen LogP contribution < -0.4 is 5.32 Å². The fraction of sp³-hybridized carbons (Fsp3) is 0.333. The van der Waals surface area contributed by atoms with Crippen molar-refractivity contribution in [3.63, 3.8) is 0 Å². The number of carbonyl (C=O) groups excluding carboxylic acids is 1. The molecule has 0 radical (unpaired) electrons. The number of thiazole rings is 1. The fourth-order valence-electron chi connectivity index (χ4n) is 1.52. The van der Waals surface area contributed by atoms with Crippen LogP contribution in [0.2, 0.25) is 0 Å². The molecule has 20 heavy (non-hydrogen) atoms. The number of hydrogen-bond acceptors (Lipinski definition) is 4. The number of nitrogens with one attached hydrogen (secondary N) is 1. The first-order valence-corrected chi connectivity index (χ1v) is 7.27. The van der Waals surface area contributed by atoms with Crippen LogP contribution >= 0.6 is 11.3 Å². The number of aromatic nitrogens is 1. The summed E-state index contributed by atoms with van der Waals surface area (Å²) in [4.78, 5) is 16.1. The zero-order valence-corrected chi connectivity index (χ0v) is 12.7. The molecule has 4 nitrogen and oxygen atoms in total. The second-order valence-corrected chi connectivity index (χ2v) is 6.33. The van der Waals surface area contributed by atoms with Crippen molar-refractivity contribution in [2.45, 2.75) is 32.8 Å². The summed E-state index contributed by atoms with van der Waals surface area (Å²) in [6.07, 6.45) is -0.483. The predicted molar refractivity (Wildman–Crippen MR) is 81.1 cm³/mol.